The molecule has 1 heterocycles. The predicted octanol–water partition coefficient (Wildman–Crippen LogP) is 1.11. The third kappa shape index (κ3) is 2.71. The van der Waals surface area contributed by atoms with Crippen LogP contribution < -0.4 is 10.6 Å². The zero-order chi connectivity index (χ0) is 11.4. The number of carbonyl (C=O) groups is 1. The maximum atomic E-state index is 11.6. The summed E-state index contributed by atoms with van der Waals surface area (Å²) in [6.07, 6.45) is 6.03. The first-order chi connectivity index (χ1) is 7.75. The minimum absolute atomic E-state index is 0.129. The number of amides is 2. The Bertz CT molecular complexity index is 331. The Hall–Kier alpha value is -1.59. The van der Waals surface area contributed by atoms with E-state index in [-0.39, 0.29) is 12.1 Å². The Kier molecular flexibility index (Phi) is 3.38. The number of urea groups is 1. The highest BCUT2D eigenvalue weighted by Gasteiger charge is 2.18. The maximum Gasteiger partial charge on any atom is 0.315 e. The maximum absolute atomic E-state index is 11.6. The van der Waals surface area contributed by atoms with E-state index in [0.717, 1.165) is 12.8 Å². The Morgan fingerprint density at radius 1 is 1.56 bits per heavy atom. The van der Waals surface area contributed by atoms with Crippen LogP contribution in [0.3, 0.4) is 0 Å². The van der Waals surface area contributed by atoms with E-state index in [1.54, 1.807) is 0 Å². The van der Waals surface area contributed by atoms with Crippen LogP contribution in [0.2, 0.25) is 0 Å². The summed E-state index contributed by atoms with van der Waals surface area (Å²) >= 11 is 0. The second-order valence-corrected chi connectivity index (χ2v) is 4.19. The van der Waals surface area contributed by atoms with Gasteiger partial charge in [-0.3, -0.25) is 5.10 Å². The van der Waals surface area contributed by atoms with Crippen LogP contribution in [0.15, 0.2) is 6.33 Å². The first kappa shape index (κ1) is 10.9. The number of H-pyrrole nitrogens is 1. The molecule has 1 saturated carbocycles. The molecule has 0 radical (unpaired) electrons. The highest BCUT2D eigenvalue weighted by Crippen LogP contribution is 2.17. The fourth-order valence-corrected chi connectivity index (χ4v) is 1.99. The van der Waals surface area contributed by atoms with Gasteiger partial charge in [0.15, 0.2) is 0 Å². The molecule has 6 heteroatoms. The molecule has 0 saturated heterocycles. The molecule has 3 N–H and O–H groups in total. The van der Waals surface area contributed by atoms with Crippen LogP contribution in [-0.4, -0.2) is 27.3 Å². The molecule has 88 valence electrons. The fraction of sp³-hybridized carbons (Fsp3) is 0.700. The summed E-state index contributed by atoms with van der Waals surface area (Å²) in [5, 5.41) is 12.3. The zero-order valence-corrected chi connectivity index (χ0v) is 9.36. The van der Waals surface area contributed by atoms with Gasteiger partial charge in [0.1, 0.15) is 12.2 Å². The number of hydrogen-bond donors (Lipinski definition) is 3. The van der Waals surface area contributed by atoms with Crippen molar-refractivity contribution in [3.8, 4) is 0 Å². The van der Waals surface area contributed by atoms with Crippen molar-refractivity contribution in [3.05, 3.63) is 12.2 Å². The van der Waals surface area contributed by atoms with Gasteiger partial charge in [-0.15, -0.1) is 0 Å². The van der Waals surface area contributed by atoms with E-state index < -0.39 is 0 Å². The largest absolute Gasteiger partial charge is 0.335 e. The lowest BCUT2D eigenvalue weighted by Gasteiger charge is -2.15. The Labute approximate surface area is 94.2 Å². The van der Waals surface area contributed by atoms with Crippen molar-refractivity contribution in [2.24, 2.45) is 0 Å². The first-order valence-electron chi connectivity index (χ1n) is 5.68. The van der Waals surface area contributed by atoms with Crippen molar-refractivity contribution >= 4 is 6.03 Å². The lowest BCUT2D eigenvalue weighted by molar-refractivity contribution is 0.233. The van der Waals surface area contributed by atoms with Crippen LogP contribution in [-0.2, 0) is 0 Å². The van der Waals surface area contributed by atoms with Crippen LogP contribution in [0.5, 0.6) is 0 Å². The minimum Gasteiger partial charge on any atom is -0.335 e. The smallest absolute Gasteiger partial charge is 0.315 e. The Balaban J connectivity index is 1.78. The highest BCUT2D eigenvalue weighted by atomic mass is 16.2. The van der Waals surface area contributed by atoms with Gasteiger partial charge in [-0.25, -0.2) is 9.78 Å². The Morgan fingerprint density at radius 3 is 2.94 bits per heavy atom. The fourth-order valence-electron chi connectivity index (χ4n) is 1.99. The molecule has 0 aromatic carbocycles. The lowest BCUT2D eigenvalue weighted by Crippen LogP contribution is -2.42. The number of nitrogens with one attached hydrogen (secondary N) is 3. The van der Waals surface area contributed by atoms with Gasteiger partial charge in [-0.2, -0.15) is 5.10 Å². The third-order valence-corrected chi connectivity index (χ3v) is 2.88. The molecule has 0 spiro atoms. The van der Waals surface area contributed by atoms with Gasteiger partial charge in [0.05, 0.1) is 6.04 Å². The van der Waals surface area contributed by atoms with Crippen molar-refractivity contribution in [1.82, 2.24) is 25.8 Å². The summed E-state index contributed by atoms with van der Waals surface area (Å²) in [6, 6.07) is 0.0571. The quantitative estimate of drug-likeness (QED) is 0.717. The molecule has 1 aromatic rings. The van der Waals surface area contributed by atoms with Crippen molar-refractivity contribution < 1.29 is 4.79 Å². The van der Waals surface area contributed by atoms with Gasteiger partial charge >= 0.3 is 6.03 Å². The molecule has 1 aromatic heterocycles. The lowest BCUT2D eigenvalue weighted by atomic mass is 10.2. The Morgan fingerprint density at radius 2 is 2.31 bits per heavy atom. The highest BCUT2D eigenvalue weighted by molar-refractivity contribution is 5.74. The summed E-state index contributed by atoms with van der Waals surface area (Å²) in [6.45, 7) is 1.87. The van der Waals surface area contributed by atoms with Gasteiger partial charge in [0.2, 0.25) is 0 Å². The van der Waals surface area contributed by atoms with E-state index in [4.69, 9.17) is 0 Å². The molecule has 0 bridgehead atoms. The molecule has 6 nitrogen and oxygen atoms in total. The van der Waals surface area contributed by atoms with Gasteiger partial charge < -0.3 is 10.6 Å². The van der Waals surface area contributed by atoms with Crippen molar-refractivity contribution in [2.45, 2.75) is 44.7 Å². The van der Waals surface area contributed by atoms with Crippen LogP contribution in [0, 0.1) is 0 Å². The second-order valence-electron chi connectivity index (χ2n) is 4.19. The molecule has 1 atom stereocenters. The van der Waals surface area contributed by atoms with E-state index in [2.05, 4.69) is 25.8 Å². The molecule has 2 rings (SSSR count). The average Bonchev–Trinajstić information content (AvgIpc) is 2.88. The van der Waals surface area contributed by atoms with Crippen molar-refractivity contribution in [3.63, 3.8) is 0 Å². The van der Waals surface area contributed by atoms with E-state index >= 15 is 0 Å². The molecular weight excluding hydrogens is 206 g/mol. The van der Waals surface area contributed by atoms with Gasteiger partial charge in [-0.1, -0.05) is 12.8 Å². The van der Waals surface area contributed by atoms with Crippen LogP contribution >= 0.6 is 0 Å². The van der Waals surface area contributed by atoms with Crippen LogP contribution in [0.1, 0.15) is 44.5 Å². The number of aromatic nitrogens is 3. The summed E-state index contributed by atoms with van der Waals surface area (Å²) in [5.74, 6) is 0.668. The molecule has 1 aliphatic rings. The molecule has 0 aliphatic heterocycles. The van der Waals surface area contributed by atoms with Crippen molar-refractivity contribution in [1.29, 1.82) is 0 Å². The predicted molar refractivity (Wildman–Crippen MR) is 58.7 cm³/mol. The van der Waals surface area contributed by atoms with Crippen LogP contribution in [0.25, 0.3) is 0 Å². The molecule has 16 heavy (non-hydrogen) atoms. The summed E-state index contributed by atoms with van der Waals surface area (Å²) in [5.41, 5.74) is 0. The normalized spacial score (nSPS) is 18.3. The standard InChI is InChI=1S/C10H17N5O/c1-7(9-11-6-12-15-9)13-10(16)14-8-4-2-3-5-8/h6-8H,2-5H2,1H3,(H,11,12,15)(H2,13,14,16). The van der Waals surface area contributed by atoms with E-state index in [1.807, 2.05) is 6.92 Å². The zero-order valence-electron chi connectivity index (χ0n) is 9.36. The number of carbonyl (C=O) groups excluding carboxylic acids is 1. The van der Waals surface area contributed by atoms with E-state index in [1.165, 1.54) is 19.2 Å². The van der Waals surface area contributed by atoms with Gasteiger partial charge in [-0.05, 0) is 19.8 Å². The van der Waals surface area contributed by atoms with E-state index in [0.29, 0.717) is 11.9 Å². The number of nitrogens with zero attached hydrogens (tertiary/aromatic N) is 2. The molecule has 2 amide bonds. The van der Waals surface area contributed by atoms with Gasteiger partial charge in [0, 0.05) is 6.04 Å². The minimum atomic E-state index is -0.149. The summed E-state index contributed by atoms with van der Waals surface area (Å²) in [4.78, 5) is 15.6. The summed E-state index contributed by atoms with van der Waals surface area (Å²) in [7, 11) is 0. The number of hydrogen-bond acceptors (Lipinski definition) is 3. The second kappa shape index (κ2) is 4.96. The average molecular weight is 223 g/mol. The SMILES string of the molecule is CC(NC(=O)NC1CCCC1)c1ncn[nH]1. The molecular formula is C10H17N5O. The molecule has 1 unspecified atom stereocenters. The van der Waals surface area contributed by atoms with Crippen molar-refractivity contribution in [2.75, 3.05) is 0 Å². The number of rotatable bonds is 3. The topological polar surface area (TPSA) is 82.7 Å². The summed E-state index contributed by atoms with van der Waals surface area (Å²) < 4.78 is 0. The van der Waals surface area contributed by atoms with Gasteiger partial charge in [0.25, 0.3) is 0 Å². The monoisotopic (exact) mass is 223 g/mol. The first-order valence-corrected chi connectivity index (χ1v) is 5.68. The number of aromatic amines is 1. The third-order valence-electron chi connectivity index (χ3n) is 2.88. The van der Waals surface area contributed by atoms with Crippen LogP contribution in [0.4, 0.5) is 4.79 Å². The molecule has 1 fully saturated rings. The van der Waals surface area contributed by atoms with E-state index in [9.17, 15) is 4.79 Å². The molecule has 1 aliphatic carbocycles.